The number of ether oxygens (including phenoxy) is 3. The first kappa shape index (κ1) is 30.2. The monoisotopic (exact) mass is 592 g/mol. The molecule has 4 N–H and O–H groups in total. The maximum atomic E-state index is 13.7. The lowest BCUT2D eigenvalue weighted by Gasteiger charge is -2.24. The van der Waals surface area contributed by atoms with Crippen molar-refractivity contribution in [3.63, 3.8) is 0 Å². The lowest BCUT2D eigenvalue weighted by molar-refractivity contribution is -0.141. The highest BCUT2D eigenvalue weighted by Crippen LogP contribution is 2.33. The Bertz CT molecular complexity index is 1310. The van der Waals surface area contributed by atoms with Gasteiger partial charge in [0.2, 0.25) is 17.6 Å². The van der Waals surface area contributed by atoms with Crippen LogP contribution in [0.1, 0.15) is 30.4 Å². The Morgan fingerprint density at radius 2 is 1.63 bits per heavy atom. The van der Waals surface area contributed by atoms with Gasteiger partial charge in [-0.15, -0.1) is 0 Å². The standard InChI is InChI=1S/C31H36N4O8/c36-26(29(39)33-17-20-9-5-2-6-10-20)23(16-21-11-13-32-27(21)37)34-28(38)24(15-19-7-3-1-4-8-19)35-31(40)43-25-18-42-30-22(25)12-14-41-30/h1-10,21-25,30H,11-18H2,(H,32,37)(H,33,39)(H,34,38)(H,35,40)/t21-,22-,23-,24-,25-,30+/m0/s1. The third-order valence-corrected chi connectivity index (χ3v) is 7.97. The van der Waals surface area contributed by atoms with Crippen molar-refractivity contribution in [3.8, 4) is 0 Å². The molecule has 12 heteroatoms. The van der Waals surface area contributed by atoms with Crippen molar-refractivity contribution in [2.75, 3.05) is 19.8 Å². The first-order chi connectivity index (χ1) is 20.9. The highest BCUT2D eigenvalue weighted by molar-refractivity contribution is 6.38. The molecule has 0 aromatic heterocycles. The number of ketones is 1. The zero-order valence-corrected chi connectivity index (χ0v) is 23.7. The van der Waals surface area contributed by atoms with E-state index in [2.05, 4.69) is 21.3 Å². The van der Waals surface area contributed by atoms with Gasteiger partial charge in [-0.05, 0) is 30.4 Å². The summed E-state index contributed by atoms with van der Waals surface area (Å²) < 4.78 is 16.6. The summed E-state index contributed by atoms with van der Waals surface area (Å²) in [5.41, 5.74) is 1.56. The predicted molar refractivity (Wildman–Crippen MR) is 152 cm³/mol. The Morgan fingerprint density at radius 1 is 0.907 bits per heavy atom. The van der Waals surface area contributed by atoms with Crippen LogP contribution in [0.2, 0.25) is 0 Å². The molecule has 3 saturated heterocycles. The highest BCUT2D eigenvalue weighted by atomic mass is 16.7. The second-order valence-electron chi connectivity index (χ2n) is 11.0. The van der Waals surface area contributed by atoms with Crippen LogP contribution in [0.3, 0.4) is 0 Å². The number of Topliss-reactive ketones (excluding diaryl/α,β-unsaturated/α-hetero) is 1. The van der Waals surface area contributed by atoms with Gasteiger partial charge in [0.1, 0.15) is 12.1 Å². The minimum atomic E-state index is -1.28. The van der Waals surface area contributed by atoms with E-state index < -0.39 is 54.1 Å². The summed E-state index contributed by atoms with van der Waals surface area (Å²) in [5.74, 6) is -3.31. The molecule has 12 nitrogen and oxygen atoms in total. The number of fused-ring (bicyclic) bond motifs is 1. The van der Waals surface area contributed by atoms with Crippen LogP contribution in [-0.2, 0) is 46.4 Å². The zero-order valence-electron chi connectivity index (χ0n) is 23.7. The van der Waals surface area contributed by atoms with Gasteiger partial charge in [-0.25, -0.2) is 4.79 Å². The van der Waals surface area contributed by atoms with Crippen LogP contribution in [0.4, 0.5) is 4.79 Å². The van der Waals surface area contributed by atoms with Crippen LogP contribution in [0.5, 0.6) is 0 Å². The Morgan fingerprint density at radius 3 is 2.33 bits per heavy atom. The van der Waals surface area contributed by atoms with Gasteiger partial charge in [-0.2, -0.15) is 0 Å². The fourth-order valence-corrected chi connectivity index (χ4v) is 5.60. The van der Waals surface area contributed by atoms with Crippen molar-refractivity contribution < 1.29 is 38.2 Å². The van der Waals surface area contributed by atoms with Crippen molar-refractivity contribution in [2.24, 2.45) is 11.8 Å². The van der Waals surface area contributed by atoms with E-state index in [1.165, 1.54) is 0 Å². The number of rotatable bonds is 12. The molecule has 0 radical (unpaired) electrons. The van der Waals surface area contributed by atoms with Crippen molar-refractivity contribution in [1.82, 2.24) is 21.3 Å². The average molecular weight is 593 g/mol. The van der Waals surface area contributed by atoms with Gasteiger partial charge in [0.15, 0.2) is 6.29 Å². The molecular weight excluding hydrogens is 556 g/mol. The minimum Gasteiger partial charge on any atom is -0.443 e. The van der Waals surface area contributed by atoms with Crippen LogP contribution in [0, 0.1) is 11.8 Å². The summed E-state index contributed by atoms with van der Waals surface area (Å²) in [5, 5.41) is 10.6. The molecule has 6 atom stereocenters. The summed E-state index contributed by atoms with van der Waals surface area (Å²) in [6.07, 6.45) is -0.525. The molecule has 3 heterocycles. The van der Waals surface area contributed by atoms with Crippen LogP contribution in [-0.4, -0.2) is 73.8 Å². The highest BCUT2D eigenvalue weighted by Gasteiger charge is 2.44. The molecule has 3 aliphatic heterocycles. The van der Waals surface area contributed by atoms with Gasteiger partial charge in [-0.1, -0.05) is 60.7 Å². The first-order valence-electron chi connectivity index (χ1n) is 14.6. The van der Waals surface area contributed by atoms with E-state index in [1.807, 2.05) is 36.4 Å². The van der Waals surface area contributed by atoms with Crippen molar-refractivity contribution in [3.05, 3.63) is 71.8 Å². The van der Waals surface area contributed by atoms with E-state index >= 15 is 0 Å². The molecule has 2 aromatic rings. The third-order valence-electron chi connectivity index (χ3n) is 7.97. The third kappa shape index (κ3) is 7.96. The SMILES string of the molecule is O=C(N[C@@H](Cc1ccccc1)C(=O)N[C@@H](C[C@@H]1CCNC1=O)C(=O)C(=O)NCc1ccccc1)O[C@H]1CO[C@H]2OCC[C@H]21. The Hall–Kier alpha value is -4.29. The molecule has 43 heavy (non-hydrogen) atoms. The molecule has 0 aliphatic carbocycles. The van der Waals surface area contributed by atoms with E-state index in [-0.39, 0.29) is 37.8 Å². The molecule has 3 aliphatic rings. The van der Waals surface area contributed by atoms with Gasteiger partial charge in [0, 0.05) is 25.4 Å². The summed E-state index contributed by atoms with van der Waals surface area (Å²) in [7, 11) is 0. The van der Waals surface area contributed by atoms with Gasteiger partial charge in [-0.3, -0.25) is 19.2 Å². The molecule has 2 aromatic carbocycles. The predicted octanol–water partition coefficient (Wildman–Crippen LogP) is 0.982. The number of amides is 4. The first-order valence-corrected chi connectivity index (χ1v) is 14.6. The minimum absolute atomic E-state index is 0.0554. The molecule has 0 spiro atoms. The van der Waals surface area contributed by atoms with Gasteiger partial charge in [0.25, 0.3) is 5.91 Å². The largest absolute Gasteiger partial charge is 0.443 e. The lowest BCUT2D eigenvalue weighted by Crippen LogP contribution is -2.55. The number of benzene rings is 2. The van der Waals surface area contributed by atoms with Crippen molar-refractivity contribution in [1.29, 1.82) is 0 Å². The molecule has 0 unspecified atom stereocenters. The molecule has 3 fully saturated rings. The van der Waals surface area contributed by atoms with Gasteiger partial charge in [0.05, 0.1) is 25.2 Å². The number of hydrogen-bond acceptors (Lipinski definition) is 8. The van der Waals surface area contributed by atoms with E-state index in [0.717, 1.165) is 11.1 Å². The smallest absolute Gasteiger partial charge is 0.408 e. The zero-order chi connectivity index (χ0) is 30.2. The Balaban J connectivity index is 1.28. The van der Waals surface area contributed by atoms with Crippen LogP contribution >= 0.6 is 0 Å². The van der Waals surface area contributed by atoms with Crippen molar-refractivity contribution >= 4 is 29.6 Å². The normalized spacial score (nSPS) is 23.9. The Labute approximate surface area is 249 Å². The van der Waals surface area contributed by atoms with E-state index in [4.69, 9.17) is 14.2 Å². The molecule has 5 rings (SSSR count). The van der Waals surface area contributed by atoms with Crippen LogP contribution in [0.25, 0.3) is 0 Å². The topological polar surface area (TPSA) is 161 Å². The molecular formula is C31H36N4O8. The maximum absolute atomic E-state index is 13.7. The summed E-state index contributed by atoms with van der Waals surface area (Å²) in [6.45, 7) is 1.28. The fourth-order valence-electron chi connectivity index (χ4n) is 5.60. The molecule has 0 saturated carbocycles. The molecule has 4 amide bonds. The summed E-state index contributed by atoms with van der Waals surface area (Å²) in [6, 6.07) is 15.7. The second kappa shape index (κ2) is 14.3. The summed E-state index contributed by atoms with van der Waals surface area (Å²) >= 11 is 0. The molecule has 0 bridgehead atoms. The van der Waals surface area contributed by atoms with Gasteiger partial charge >= 0.3 is 6.09 Å². The number of carbonyl (C=O) groups excluding carboxylic acids is 5. The quantitative estimate of drug-likeness (QED) is 0.265. The van der Waals surface area contributed by atoms with E-state index in [1.54, 1.807) is 24.3 Å². The number of carbonyl (C=O) groups is 5. The maximum Gasteiger partial charge on any atom is 0.408 e. The summed E-state index contributed by atoms with van der Waals surface area (Å²) in [4.78, 5) is 65.2. The average Bonchev–Trinajstić information content (AvgIpc) is 3.75. The second-order valence-corrected chi connectivity index (χ2v) is 11.0. The van der Waals surface area contributed by atoms with E-state index in [0.29, 0.717) is 26.0 Å². The number of hydrogen-bond donors (Lipinski definition) is 4. The van der Waals surface area contributed by atoms with Crippen LogP contribution < -0.4 is 21.3 Å². The van der Waals surface area contributed by atoms with E-state index in [9.17, 15) is 24.0 Å². The Kier molecular flexibility index (Phi) is 10.0. The van der Waals surface area contributed by atoms with Crippen molar-refractivity contribution in [2.45, 2.75) is 56.7 Å². The lowest BCUT2D eigenvalue weighted by atomic mass is 9.94. The number of nitrogens with one attached hydrogen (secondary N) is 4. The fraction of sp³-hybridized carbons (Fsp3) is 0.452. The molecule has 228 valence electrons. The van der Waals surface area contributed by atoms with Crippen LogP contribution in [0.15, 0.2) is 60.7 Å². The number of alkyl carbamates (subject to hydrolysis) is 1. The van der Waals surface area contributed by atoms with Gasteiger partial charge < -0.3 is 35.5 Å².